The number of aromatic nitrogens is 1. The van der Waals surface area contributed by atoms with Crippen LogP contribution in [0.5, 0.6) is 11.5 Å². The van der Waals surface area contributed by atoms with Gasteiger partial charge in [0.2, 0.25) is 0 Å². The van der Waals surface area contributed by atoms with E-state index in [0.717, 1.165) is 0 Å². The Morgan fingerprint density at radius 2 is 1.69 bits per heavy atom. The molecule has 7 heteroatoms. The van der Waals surface area contributed by atoms with Crippen molar-refractivity contribution in [2.45, 2.75) is 12.6 Å². The van der Waals surface area contributed by atoms with Gasteiger partial charge in [-0.2, -0.15) is 0 Å². The van der Waals surface area contributed by atoms with Crippen molar-refractivity contribution >= 4 is 17.4 Å². The average Bonchev–Trinajstić information content (AvgIpc) is 3.09. The first-order chi connectivity index (χ1) is 15.5. The van der Waals surface area contributed by atoms with Gasteiger partial charge in [-0.05, 0) is 42.5 Å². The fraction of sp³-hybridized carbons (Fsp3) is 0.160. The molecule has 1 unspecified atom stereocenters. The molecular weight excluding hydrogens is 408 g/mol. The van der Waals surface area contributed by atoms with E-state index in [-0.39, 0.29) is 17.9 Å². The van der Waals surface area contributed by atoms with Crippen LogP contribution in [0.2, 0.25) is 0 Å². The Kier molecular flexibility index (Phi) is 5.89. The van der Waals surface area contributed by atoms with Gasteiger partial charge in [0, 0.05) is 17.3 Å². The van der Waals surface area contributed by atoms with Crippen LogP contribution in [0.4, 0.5) is 0 Å². The minimum atomic E-state index is -0.838. The molecule has 7 nitrogen and oxygen atoms in total. The number of ketones is 1. The number of nitrogens with zero attached hydrogens (tertiary/aromatic N) is 2. The van der Waals surface area contributed by atoms with Gasteiger partial charge in [0.25, 0.3) is 11.7 Å². The van der Waals surface area contributed by atoms with Crippen molar-refractivity contribution in [2.75, 3.05) is 14.2 Å². The number of methoxy groups -OCH3 is 2. The second kappa shape index (κ2) is 8.93. The number of ether oxygens (including phenoxy) is 2. The molecule has 32 heavy (non-hydrogen) atoms. The summed E-state index contributed by atoms with van der Waals surface area (Å²) in [6.45, 7) is 0.105. The summed E-state index contributed by atoms with van der Waals surface area (Å²) < 4.78 is 10.7. The zero-order chi connectivity index (χ0) is 22.7. The Hall–Kier alpha value is -4.13. The molecule has 3 aromatic rings. The number of likely N-dealkylation sites (tertiary alicyclic amines) is 1. The number of Topliss-reactive ketones (excluding diaryl/α,β-unsaturated/α-hetero) is 1. The predicted molar refractivity (Wildman–Crippen MR) is 118 cm³/mol. The summed E-state index contributed by atoms with van der Waals surface area (Å²) in [5.74, 6) is -0.610. The van der Waals surface area contributed by atoms with Crippen molar-refractivity contribution in [3.05, 3.63) is 95.3 Å². The molecule has 0 spiro atoms. The second-order valence-corrected chi connectivity index (χ2v) is 7.22. The van der Waals surface area contributed by atoms with Gasteiger partial charge in [0.05, 0.1) is 38.1 Å². The maximum atomic E-state index is 13.1. The minimum Gasteiger partial charge on any atom is -0.507 e. The summed E-state index contributed by atoms with van der Waals surface area (Å²) in [5.41, 5.74) is 1.63. The smallest absolute Gasteiger partial charge is 0.296 e. The molecule has 0 radical (unpaired) electrons. The first kappa shape index (κ1) is 21.1. The van der Waals surface area contributed by atoms with Gasteiger partial charge < -0.3 is 19.5 Å². The molecule has 1 saturated heterocycles. The van der Waals surface area contributed by atoms with E-state index in [0.29, 0.717) is 28.3 Å². The predicted octanol–water partition coefficient (Wildman–Crippen LogP) is 3.72. The molecule has 1 amide bonds. The van der Waals surface area contributed by atoms with Crippen LogP contribution < -0.4 is 9.47 Å². The maximum Gasteiger partial charge on any atom is 0.296 e. The quantitative estimate of drug-likeness (QED) is 0.364. The summed E-state index contributed by atoms with van der Waals surface area (Å²) in [7, 11) is 3.06. The molecule has 1 aliphatic rings. The molecule has 0 aliphatic carbocycles. The molecule has 1 atom stereocenters. The van der Waals surface area contributed by atoms with Gasteiger partial charge in [-0.3, -0.25) is 14.6 Å². The molecular formula is C25H22N2O5. The third-order valence-corrected chi connectivity index (χ3v) is 5.40. The number of para-hydroxylation sites is 1. The van der Waals surface area contributed by atoms with Crippen LogP contribution in [-0.4, -0.2) is 40.9 Å². The standard InChI is InChI=1S/C25H22N2O5/c1-31-18-12-10-16(11-13-18)23(28)21-22(19-8-3-4-9-20(19)32-2)27(25(30)24(21)29)15-17-7-5-6-14-26-17/h3-14,22,28H,15H2,1-2H3/b23-21-. The number of pyridine rings is 1. The van der Waals surface area contributed by atoms with Crippen molar-refractivity contribution in [3.63, 3.8) is 0 Å². The summed E-state index contributed by atoms with van der Waals surface area (Å²) in [6, 6.07) is 18.3. The van der Waals surface area contributed by atoms with Crippen LogP contribution in [0.15, 0.2) is 78.5 Å². The lowest BCUT2D eigenvalue weighted by Crippen LogP contribution is -2.29. The topological polar surface area (TPSA) is 89.0 Å². The van der Waals surface area contributed by atoms with E-state index in [1.807, 2.05) is 6.07 Å². The summed E-state index contributed by atoms with van der Waals surface area (Å²) in [5, 5.41) is 11.1. The highest BCUT2D eigenvalue weighted by Gasteiger charge is 2.47. The molecule has 2 aromatic carbocycles. The van der Waals surface area contributed by atoms with E-state index >= 15 is 0 Å². The number of hydrogen-bond acceptors (Lipinski definition) is 6. The molecule has 1 aliphatic heterocycles. The van der Waals surface area contributed by atoms with Crippen molar-refractivity contribution in [1.29, 1.82) is 0 Å². The maximum absolute atomic E-state index is 13.1. The molecule has 0 saturated carbocycles. The number of rotatable bonds is 6. The first-order valence-electron chi connectivity index (χ1n) is 10.0. The van der Waals surface area contributed by atoms with Crippen molar-refractivity contribution < 1.29 is 24.2 Å². The van der Waals surface area contributed by atoms with Gasteiger partial charge in [-0.15, -0.1) is 0 Å². The van der Waals surface area contributed by atoms with E-state index in [4.69, 9.17) is 9.47 Å². The lowest BCUT2D eigenvalue weighted by Gasteiger charge is -2.26. The highest BCUT2D eigenvalue weighted by atomic mass is 16.5. The normalized spacial score (nSPS) is 17.4. The van der Waals surface area contributed by atoms with E-state index in [2.05, 4.69) is 4.98 Å². The van der Waals surface area contributed by atoms with Gasteiger partial charge in [0.1, 0.15) is 17.3 Å². The highest BCUT2D eigenvalue weighted by Crippen LogP contribution is 2.43. The molecule has 2 heterocycles. The number of hydrogen-bond donors (Lipinski definition) is 1. The van der Waals surface area contributed by atoms with Crippen molar-refractivity contribution in [3.8, 4) is 11.5 Å². The summed E-state index contributed by atoms with van der Waals surface area (Å²) in [4.78, 5) is 31.9. The molecule has 0 bridgehead atoms. The Balaban J connectivity index is 1.88. The molecule has 4 rings (SSSR count). The minimum absolute atomic E-state index is 0.000554. The SMILES string of the molecule is COc1ccc(/C(O)=C2/C(=O)C(=O)N(Cc3ccccn3)C2c2ccccc2OC)cc1. The first-order valence-corrected chi connectivity index (χ1v) is 10.0. The summed E-state index contributed by atoms with van der Waals surface area (Å²) in [6.07, 6.45) is 1.63. The zero-order valence-corrected chi connectivity index (χ0v) is 17.7. The largest absolute Gasteiger partial charge is 0.507 e. The van der Waals surface area contributed by atoms with E-state index in [1.165, 1.54) is 12.0 Å². The Morgan fingerprint density at radius 1 is 0.969 bits per heavy atom. The van der Waals surface area contributed by atoms with Crippen LogP contribution in [0.25, 0.3) is 5.76 Å². The monoisotopic (exact) mass is 430 g/mol. The number of aliphatic hydroxyl groups is 1. The molecule has 1 N–H and O–H groups in total. The van der Waals surface area contributed by atoms with E-state index in [9.17, 15) is 14.7 Å². The lowest BCUT2D eigenvalue weighted by molar-refractivity contribution is -0.140. The average molecular weight is 430 g/mol. The van der Waals surface area contributed by atoms with E-state index in [1.54, 1.807) is 74.0 Å². The van der Waals surface area contributed by atoms with E-state index < -0.39 is 17.7 Å². The fourth-order valence-corrected chi connectivity index (χ4v) is 3.83. The second-order valence-electron chi connectivity index (χ2n) is 7.22. The molecule has 162 valence electrons. The summed E-state index contributed by atoms with van der Waals surface area (Å²) >= 11 is 0. The van der Waals surface area contributed by atoms with Gasteiger partial charge >= 0.3 is 0 Å². The third kappa shape index (κ3) is 3.80. The fourth-order valence-electron chi connectivity index (χ4n) is 3.83. The van der Waals surface area contributed by atoms with Crippen molar-refractivity contribution in [1.82, 2.24) is 9.88 Å². The van der Waals surface area contributed by atoms with Crippen LogP contribution in [0.1, 0.15) is 22.9 Å². The Morgan fingerprint density at radius 3 is 2.34 bits per heavy atom. The number of amides is 1. The van der Waals surface area contributed by atoms with Crippen LogP contribution in [0.3, 0.4) is 0 Å². The lowest BCUT2D eigenvalue weighted by atomic mass is 9.94. The number of carbonyl (C=O) groups is 2. The van der Waals surface area contributed by atoms with Crippen LogP contribution in [-0.2, 0) is 16.1 Å². The molecule has 1 fully saturated rings. The molecule has 1 aromatic heterocycles. The highest BCUT2D eigenvalue weighted by molar-refractivity contribution is 6.46. The Labute approximate surface area is 185 Å². The zero-order valence-electron chi connectivity index (χ0n) is 17.7. The number of aliphatic hydroxyl groups excluding tert-OH is 1. The van der Waals surface area contributed by atoms with Crippen LogP contribution in [0, 0.1) is 0 Å². The van der Waals surface area contributed by atoms with Gasteiger partial charge in [-0.1, -0.05) is 24.3 Å². The van der Waals surface area contributed by atoms with Gasteiger partial charge in [0.15, 0.2) is 0 Å². The third-order valence-electron chi connectivity index (χ3n) is 5.40. The Bertz CT molecular complexity index is 1170. The number of carbonyl (C=O) groups excluding carboxylic acids is 2. The number of benzene rings is 2. The van der Waals surface area contributed by atoms with Crippen LogP contribution >= 0.6 is 0 Å². The van der Waals surface area contributed by atoms with Crippen molar-refractivity contribution in [2.24, 2.45) is 0 Å². The van der Waals surface area contributed by atoms with Gasteiger partial charge in [-0.25, -0.2) is 0 Å².